The Labute approximate surface area is 119 Å². The van der Waals surface area contributed by atoms with Gasteiger partial charge in [-0.05, 0) is 29.8 Å². The highest BCUT2D eigenvalue weighted by atomic mass is 19.4. The fourth-order valence-electron chi connectivity index (χ4n) is 1.77. The smallest absolute Gasteiger partial charge is 0.420 e. The van der Waals surface area contributed by atoms with Crippen LogP contribution in [0.15, 0.2) is 42.7 Å². The second kappa shape index (κ2) is 6.27. The molecule has 0 amide bonds. The molecule has 1 aromatic carbocycles. The number of nitrogens with zero attached hydrogens (tertiary/aromatic N) is 2. The highest BCUT2D eigenvalue weighted by molar-refractivity contribution is 5.43. The summed E-state index contributed by atoms with van der Waals surface area (Å²) in [6.07, 6.45) is -0.860. The molecule has 1 aromatic heterocycles. The largest absolute Gasteiger partial charge is 0.493 e. The number of alkyl halides is 3. The zero-order valence-corrected chi connectivity index (χ0v) is 10.9. The van der Waals surface area contributed by atoms with Crippen LogP contribution in [0, 0.1) is 11.3 Å². The molecule has 21 heavy (non-hydrogen) atoms. The lowest BCUT2D eigenvalue weighted by Gasteiger charge is -2.14. The molecule has 0 N–H and O–H groups in total. The van der Waals surface area contributed by atoms with Crippen molar-refractivity contribution in [1.82, 2.24) is 4.98 Å². The minimum atomic E-state index is -4.56. The van der Waals surface area contributed by atoms with Crippen LogP contribution in [0.1, 0.15) is 16.7 Å². The average Bonchev–Trinajstić information content (AvgIpc) is 2.47. The summed E-state index contributed by atoms with van der Waals surface area (Å²) < 4.78 is 44.0. The predicted molar refractivity (Wildman–Crippen MR) is 69.6 cm³/mol. The molecule has 2 rings (SSSR count). The highest BCUT2D eigenvalue weighted by Crippen LogP contribution is 2.36. The summed E-state index contributed by atoms with van der Waals surface area (Å²) in [5, 5.41) is 8.68. The summed E-state index contributed by atoms with van der Waals surface area (Å²) in [6, 6.07) is 8.51. The summed E-state index contributed by atoms with van der Waals surface area (Å²) in [4.78, 5) is 3.92. The van der Waals surface area contributed by atoms with Crippen molar-refractivity contribution in [1.29, 1.82) is 5.26 Å². The van der Waals surface area contributed by atoms with E-state index in [2.05, 4.69) is 4.98 Å². The minimum absolute atomic E-state index is 0.0538. The van der Waals surface area contributed by atoms with Crippen LogP contribution in [0.3, 0.4) is 0 Å². The summed E-state index contributed by atoms with van der Waals surface area (Å²) >= 11 is 0. The SMILES string of the molecule is N#Cc1ccc(OCCc2cccnc2)c(C(F)(F)F)c1. The Morgan fingerprint density at radius 1 is 1.24 bits per heavy atom. The Morgan fingerprint density at radius 3 is 2.67 bits per heavy atom. The maximum absolute atomic E-state index is 12.9. The number of hydrogen-bond acceptors (Lipinski definition) is 3. The molecule has 0 bridgehead atoms. The number of nitriles is 1. The first kappa shape index (κ1) is 14.9. The third-order valence-corrected chi connectivity index (χ3v) is 2.79. The number of aromatic nitrogens is 1. The van der Waals surface area contributed by atoms with Gasteiger partial charge in [0.2, 0.25) is 0 Å². The number of halogens is 3. The van der Waals surface area contributed by atoms with E-state index in [9.17, 15) is 13.2 Å². The van der Waals surface area contributed by atoms with Crippen LogP contribution in [-0.2, 0) is 12.6 Å². The normalized spacial score (nSPS) is 11.0. The second-order valence-electron chi connectivity index (χ2n) is 4.28. The van der Waals surface area contributed by atoms with E-state index in [0.29, 0.717) is 6.42 Å². The Kier molecular flexibility index (Phi) is 4.43. The number of rotatable bonds is 4. The van der Waals surface area contributed by atoms with Crippen LogP contribution in [0.25, 0.3) is 0 Å². The molecule has 0 saturated heterocycles. The number of ether oxygens (including phenoxy) is 1. The van der Waals surface area contributed by atoms with Gasteiger partial charge in [-0.25, -0.2) is 0 Å². The predicted octanol–water partition coefficient (Wildman–Crippen LogP) is 3.59. The molecule has 0 atom stereocenters. The maximum Gasteiger partial charge on any atom is 0.420 e. The molecular weight excluding hydrogens is 281 g/mol. The monoisotopic (exact) mass is 292 g/mol. The van der Waals surface area contributed by atoms with Gasteiger partial charge in [0.15, 0.2) is 0 Å². The summed E-state index contributed by atoms with van der Waals surface area (Å²) in [5.74, 6) is -0.273. The first-order valence-electron chi connectivity index (χ1n) is 6.14. The van der Waals surface area contributed by atoms with E-state index in [-0.39, 0.29) is 17.9 Å². The van der Waals surface area contributed by atoms with E-state index < -0.39 is 11.7 Å². The van der Waals surface area contributed by atoms with Crippen molar-refractivity contribution in [2.24, 2.45) is 0 Å². The molecule has 2 aromatic rings. The average molecular weight is 292 g/mol. The van der Waals surface area contributed by atoms with Gasteiger partial charge in [0.25, 0.3) is 0 Å². The Morgan fingerprint density at radius 2 is 2.05 bits per heavy atom. The van der Waals surface area contributed by atoms with Crippen molar-refractivity contribution in [2.45, 2.75) is 12.6 Å². The summed E-state index contributed by atoms with van der Waals surface area (Å²) in [5.41, 5.74) is -0.116. The van der Waals surface area contributed by atoms with Crippen LogP contribution >= 0.6 is 0 Å². The van der Waals surface area contributed by atoms with Crippen molar-refractivity contribution < 1.29 is 17.9 Å². The summed E-state index contributed by atoms with van der Waals surface area (Å²) in [6.45, 7) is 0.0979. The van der Waals surface area contributed by atoms with Gasteiger partial charge in [-0.1, -0.05) is 6.07 Å². The molecule has 0 radical (unpaired) electrons. The van der Waals surface area contributed by atoms with E-state index in [0.717, 1.165) is 11.6 Å². The Balaban J connectivity index is 2.11. The number of pyridine rings is 1. The molecule has 0 fully saturated rings. The molecule has 0 aliphatic carbocycles. The van der Waals surface area contributed by atoms with Gasteiger partial charge < -0.3 is 4.74 Å². The third kappa shape index (κ3) is 3.96. The topological polar surface area (TPSA) is 45.9 Å². The van der Waals surface area contributed by atoms with Crippen LogP contribution in [0.4, 0.5) is 13.2 Å². The van der Waals surface area contributed by atoms with E-state index in [1.165, 1.54) is 12.1 Å². The van der Waals surface area contributed by atoms with E-state index in [1.807, 2.05) is 6.07 Å². The van der Waals surface area contributed by atoms with Crippen LogP contribution < -0.4 is 4.74 Å². The lowest BCUT2D eigenvalue weighted by Crippen LogP contribution is -2.10. The Bertz CT molecular complexity index is 648. The van der Waals surface area contributed by atoms with Gasteiger partial charge in [-0.3, -0.25) is 4.98 Å². The van der Waals surface area contributed by atoms with Gasteiger partial charge >= 0.3 is 6.18 Å². The lowest BCUT2D eigenvalue weighted by molar-refractivity contribution is -0.138. The Hall–Kier alpha value is -2.55. The molecule has 0 aliphatic rings. The van der Waals surface area contributed by atoms with Gasteiger partial charge in [-0.2, -0.15) is 18.4 Å². The standard InChI is InChI=1S/C15H11F3N2O/c16-15(17,18)13-8-12(9-19)3-4-14(13)21-7-5-11-2-1-6-20-10-11/h1-4,6,8,10H,5,7H2. The van der Waals surface area contributed by atoms with Gasteiger partial charge in [-0.15, -0.1) is 0 Å². The van der Waals surface area contributed by atoms with Crippen molar-refractivity contribution in [3.63, 3.8) is 0 Å². The van der Waals surface area contributed by atoms with Crippen LogP contribution in [0.2, 0.25) is 0 Å². The molecule has 6 heteroatoms. The zero-order chi connectivity index (χ0) is 15.3. The van der Waals surface area contributed by atoms with Crippen molar-refractivity contribution in [2.75, 3.05) is 6.61 Å². The molecule has 1 heterocycles. The van der Waals surface area contributed by atoms with Crippen LogP contribution in [-0.4, -0.2) is 11.6 Å². The van der Waals surface area contributed by atoms with Crippen molar-refractivity contribution in [3.05, 3.63) is 59.4 Å². The number of hydrogen-bond donors (Lipinski definition) is 0. The molecule has 0 saturated carbocycles. The summed E-state index contributed by atoms with van der Waals surface area (Å²) in [7, 11) is 0. The lowest BCUT2D eigenvalue weighted by atomic mass is 10.1. The molecule has 0 unspecified atom stereocenters. The third-order valence-electron chi connectivity index (χ3n) is 2.79. The van der Waals surface area contributed by atoms with Gasteiger partial charge in [0.05, 0.1) is 23.8 Å². The molecular formula is C15H11F3N2O. The van der Waals surface area contributed by atoms with Crippen molar-refractivity contribution >= 4 is 0 Å². The van der Waals surface area contributed by atoms with Gasteiger partial charge in [0, 0.05) is 18.8 Å². The fraction of sp³-hybridized carbons (Fsp3) is 0.200. The molecule has 108 valence electrons. The zero-order valence-electron chi connectivity index (χ0n) is 10.9. The van der Waals surface area contributed by atoms with Crippen molar-refractivity contribution in [3.8, 4) is 11.8 Å². The van der Waals surface area contributed by atoms with E-state index in [4.69, 9.17) is 10.00 Å². The fourth-order valence-corrected chi connectivity index (χ4v) is 1.77. The molecule has 0 aliphatic heterocycles. The quantitative estimate of drug-likeness (QED) is 0.865. The van der Waals surface area contributed by atoms with E-state index in [1.54, 1.807) is 24.5 Å². The number of benzene rings is 1. The molecule has 0 spiro atoms. The van der Waals surface area contributed by atoms with E-state index >= 15 is 0 Å². The first-order chi connectivity index (χ1) is 10.0. The first-order valence-corrected chi connectivity index (χ1v) is 6.14. The maximum atomic E-state index is 12.9. The minimum Gasteiger partial charge on any atom is -0.493 e. The van der Waals surface area contributed by atoms with Gasteiger partial charge in [0.1, 0.15) is 5.75 Å². The second-order valence-corrected chi connectivity index (χ2v) is 4.28. The van der Waals surface area contributed by atoms with Crippen LogP contribution in [0.5, 0.6) is 5.75 Å². The molecule has 3 nitrogen and oxygen atoms in total. The highest BCUT2D eigenvalue weighted by Gasteiger charge is 2.34.